The summed E-state index contributed by atoms with van der Waals surface area (Å²) in [6, 6.07) is 0. The molecule has 3 rings (SSSR count). The van der Waals surface area contributed by atoms with Gasteiger partial charge in [-0.25, -0.2) is 0 Å². The molecule has 3 aliphatic rings. The minimum absolute atomic E-state index is 0.0394. The van der Waals surface area contributed by atoms with E-state index in [1.807, 2.05) is 19.1 Å². The molecule has 0 aromatic rings. The van der Waals surface area contributed by atoms with Gasteiger partial charge in [0.1, 0.15) is 0 Å². The lowest BCUT2D eigenvalue weighted by Crippen LogP contribution is -2.39. The van der Waals surface area contributed by atoms with E-state index in [2.05, 4.69) is 13.8 Å². The van der Waals surface area contributed by atoms with Crippen molar-refractivity contribution in [2.24, 2.45) is 29.6 Å². The molecule has 170 valence electrons. The molecule has 0 spiro atoms. The van der Waals surface area contributed by atoms with Crippen LogP contribution >= 0.6 is 0 Å². The van der Waals surface area contributed by atoms with Gasteiger partial charge in [-0.1, -0.05) is 45.8 Å². The van der Waals surface area contributed by atoms with Crippen molar-refractivity contribution in [3.63, 3.8) is 0 Å². The molecule has 7 nitrogen and oxygen atoms in total. The minimum Gasteiger partial charge on any atom is -0.379 e. The number of rotatable bonds is 12. The van der Waals surface area contributed by atoms with Crippen LogP contribution in [-0.2, 0) is 28.5 Å². The second-order valence-corrected chi connectivity index (χ2v) is 8.53. The van der Waals surface area contributed by atoms with Crippen molar-refractivity contribution in [2.45, 2.75) is 46.3 Å². The fraction of sp³-hybridized carbons (Fsp3) is 0.826. The molecule has 0 bridgehead atoms. The number of carbonyl (C=O) groups is 2. The molecule has 0 N–H and O–H groups in total. The van der Waals surface area contributed by atoms with Gasteiger partial charge in [0.25, 0.3) is 0 Å². The van der Waals surface area contributed by atoms with Gasteiger partial charge in [0, 0.05) is 25.7 Å². The van der Waals surface area contributed by atoms with Crippen molar-refractivity contribution < 1.29 is 28.5 Å². The van der Waals surface area contributed by atoms with Crippen molar-refractivity contribution in [3.05, 3.63) is 12.2 Å². The average Bonchev–Trinajstić information content (AvgIpc) is 3.36. The lowest BCUT2D eigenvalue weighted by atomic mass is 9.72. The summed E-state index contributed by atoms with van der Waals surface area (Å²) in [6.07, 6.45) is 6.49. The van der Waals surface area contributed by atoms with Crippen LogP contribution in [-0.4, -0.2) is 69.2 Å². The number of hydrogen-bond donors (Lipinski definition) is 0. The summed E-state index contributed by atoms with van der Waals surface area (Å²) in [7, 11) is 0. The first-order valence-electron chi connectivity index (χ1n) is 11.5. The molecule has 2 heterocycles. The van der Waals surface area contributed by atoms with E-state index in [-0.39, 0.29) is 35.5 Å². The van der Waals surface area contributed by atoms with Crippen LogP contribution < -0.4 is 0 Å². The third-order valence-electron chi connectivity index (χ3n) is 6.62. The van der Waals surface area contributed by atoms with Crippen LogP contribution in [0.2, 0.25) is 0 Å². The van der Waals surface area contributed by atoms with E-state index in [9.17, 15) is 9.59 Å². The molecule has 0 radical (unpaired) electrons. The summed E-state index contributed by atoms with van der Waals surface area (Å²) in [5.41, 5.74) is 0. The van der Waals surface area contributed by atoms with Gasteiger partial charge in [0.05, 0.1) is 38.3 Å². The standard InChI is InChI=1S/C23H37NO6/c1-4-17(5-2)15-28-12-11-27-10-6-9-24-21(25)19-16(3)7-8-18(20(19)22(24)26)23-29-13-14-30-23/h7-8,16-20,23H,4-6,9-15H2,1-3H3. The van der Waals surface area contributed by atoms with Gasteiger partial charge in [0.15, 0.2) is 6.29 Å². The van der Waals surface area contributed by atoms with Gasteiger partial charge >= 0.3 is 0 Å². The van der Waals surface area contributed by atoms with Crippen molar-refractivity contribution >= 4 is 11.8 Å². The van der Waals surface area contributed by atoms with E-state index in [4.69, 9.17) is 18.9 Å². The Kier molecular flexibility index (Phi) is 8.86. The number of amides is 2. The first-order valence-corrected chi connectivity index (χ1v) is 11.5. The third kappa shape index (κ3) is 5.31. The molecular formula is C23H37NO6. The van der Waals surface area contributed by atoms with E-state index in [0.717, 1.165) is 19.4 Å². The lowest BCUT2D eigenvalue weighted by Gasteiger charge is -2.32. The van der Waals surface area contributed by atoms with Crippen molar-refractivity contribution in [2.75, 3.05) is 46.2 Å². The van der Waals surface area contributed by atoms with Crippen molar-refractivity contribution in [1.29, 1.82) is 0 Å². The Bertz CT molecular complexity index is 599. The van der Waals surface area contributed by atoms with Gasteiger partial charge < -0.3 is 18.9 Å². The lowest BCUT2D eigenvalue weighted by molar-refractivity contribution is -0.142. The first-order chi connectivity index (χ1) is 14.6. The first kappa shape index (κ1) is 23.4. The number of allylic oxidation sites excluding steroid dienone is 1. The normalized spacial score (nSPS) is 29.4. The van der Waals surface area contributed by atoms with Gasteiger partial charge in [0.2, 0.25) is 11.8 Å². The molecule has 1 aliphatic carbocycles. The second kappa shape index (κ2) is 11.4. The Balaban J connectivity index is 1.42. The van der Waals surface area contributed by atoms with Gasteiger partial charge in [-0.05, 0) is 18.3 Å². The Morgan fingerprint density at radius 2 is 1.67 bits per heavy atom. The summed E-state index contributed by atoms with van der Waals surface area (Å²) < 4.78 is 22.6. The predicted molar refractivity (Wildman–Crippen MR) is 112 cm³/mol. The van der Waals surface area contributed by atoms with Gasteiger partial charge in [-0.3, -0.25) is 14.5 Å². The molecule has 2 fully saturated rings. The Morgan fingerprint density at radius 1 is 1.00 bits per heavy atom. The highest BCUT2D eigenvalue weighted by Crippen LogP contribution is 2.44. The number of fused-ring (bicyclic) bond motifs is 1. The van der Waals surface area contributed by atoms with Crippen LogP contribution in [0.3, 0.4) is 0 Å². The molecular weight excluding hydrogens is 386 g/mol. The van der Waals surface area contributed by atoms with E-state index >= 15 is 0 Å². The zero-order valence-corrected chi connectivity index (χ0v) is 18.6. The monoisotopic (exact) mass is 423 g/mol. The van der Waals surface area contributed by atoms with Crippen LogP contribution in [0.25, 0.3) is 0 Å². The van der Waals surface area contributed by atoms with Crippen molar-refractivity contribution in [3.8, 4) is 0 Å². The number of hydrogen-bond acceptors (Lipinski definition) is 6. The number of ether oxygens (including phenoxy) is 4. The maximum absolute atomic E-state index is 13.1. The minimum atomic E-state index is -0.429. The fourth-order valence-corrected chi connectivity index (χ4v) is 4.67. The van der Waals surface area contributed by atoms with E-state index < -0.39 is 6.29 Å². The molecule has 0 saturated carbocycles. The Labute approximate surface area is 180 Å². The topological polar surface area (TPSA) is 74.3 Å². The summed E-state index contributed by atoms with van der Waals surface area (Å²) in [5, 5.41) is 0. The SMILES string of the molecule is CCC(CC)COCCOCCCN1C(=O)C2C(C)C=CC(C3OCCO3)C2C1=O. The highest BCUT2D eigenvalue weighted by Gasteiger charge is 2.55. The Morgan fingerprint density at radius 3 is 2.37 bits per heavy atom. The molecule has 2 amide bonds. The summed E-state index contributed by atoms with van der Waals surface area (Å²) in [4.78, 5) is 27.5. The highest BCUT2D eigenvalue weighted by molar-refractivity contribution is 6.05. The Hall–Kier alpha value is -1.28. The third-order valence-corrected chi connectivity index (χ3v) is 6.62. The van der Waals surface area contributed by atoms with E-state index in [1.54, 1.807) is 0 Å². The zero-order valence-electron chi connectivity index (χ0n) is 18.6. The molecule has 2 saturated heterocycles. The molecule has 2 aliphatic heterocycles. The fourth-order valence-electron chi connectivity index (χ4n) is 4.67. The molecule has 4 unspecified atom stereocenters. The molecule has 0 aromatic carbocycles. The zero-order chi connectivity index (χ0) is 21.5. The van der Waals surface area contributed by atoms with Crippen LogP contribution in [0.15, 0.2) is 12.2 Å². The second-order valence-electron chi connectivity index (χ2n) is 8.53. The van der Waals surface area contributed by atoms with Gasteiger partial charge in [-0.2, -0.15) is 0 Å². The van der Waals surface area contributed by atoms with Crippen LogP contribution in [0.5, 0.6) is 0 Å². The molecule has 7 heteroatoms. The number of carbonyl (C=O) groups excluding carboxylic acids is 2. The predicted octanol–water partition coefficient (Wildman–Crippen LogP) is 2.64. The summed E-state index contributed by atoms with van der Waals surface area (Å²) in [5.74, 6) is -0.422. The molecule has 30 heavy (non-hydrogen) atoms. The number of imide groups is 1. The number of likely N-dealkylation sites (tertiary alicyclic amines) is 1. The van der Waals surface area contributed by atoms with Crippen LogP contribution in [0.1, 0.15) is 40.0 Å². The quantitative estimate of drug-likeness (QED) is 0.273. The maximum atomic E-state index is 13.1. The van der Waals surface area contributed by atoms with Crippen LogP contribution in [0, 0.1) is 29.6 Å². The summed E-state index contributed by atoms with van der Waals surface area (Å²) in [6.45, 7) is 10.2. The number of nitrogens with zero attached hydrogens (tertiary/aromatic N) is 1. The highest BCUT2D eigenvalue weighted by atomic mass is 16.7. The summed E-state index contributed by atoms with van der Waals surface area (Å²) >= 11 is 0. The van der Waals surface area contributed by atoms with Gasteiger partial charge in [-0.15, -0.1) is 0 Å². The maximum Gasteiger partial charge on any atom is 0.233 e. The largest absolute Gasteiger partial charge is 0.379 e. The smallest absolute Gasteiger partial charge is 0.233 e. The molecule has 0 aromatic heterocycles. The van der Waals surface area contributed by atoms with Crippen molar-refractivity contribution in [1.82, 2.24) is 4.90 Å². The molecule has 4 atom stereocenters. The van der Waals surface area contributed by atoms with E-state index in [0.29, 0.717) is 51.9 Å². The van der Waals surface area contributed by atoms with E-state index in [1.165, 1.54) is 4.90 Å². The average molecular weight is 424 g/mol. The van der Waals surface area contributed by atoms with Crippen LogP contribution in [0.4, 0.5) is 0 Å².